The van der Waals surface area contributed by atoms with Crippen molar-refractivity contribution in [2.45, 2.75) is 0 Å². The van der Waals surface area contributed by atoms with E-state index in [1.807, 2.05) is 6.07 Å². The molecule has 1 heterocycles. The normalized spacial score (nSPS) is 10.2. The number of benzene rings is 2. The molecule has 138 valence electrons. The number of halogens is 1. The Labute approximate surface area is 161 Å². The quantitative estimate of drug-likeness (QED) is 0.664. The summed E-state index contributed by atoms with van der Waals surface area (Å²) in [4.78, 5) is 20.6. The molecule has 3 aromatic rings. The molecule has 0 saturated carbocycles. The first-order valence-corrected chi connectivity index (χ1v) is 8.35. The molecule has 0 atom stereocenters. The van der Waals surface area contributed by atoms with Gasteiger partial charge in [0.1, 0.15) is 11.5 Å². The fraction of sp³-hybridized carbons (Fsp3) is 0.105. The lowest BCUT2D eigenvalue weighted by Gasteiger charge is -2.11. The second kappa shape index (κ2) is 8.37. The van der Waals surface area contributed by atoms with Crippen LogP contribution < -0.4 is 20.1 Å². The first kappa shape index (κ1) is 18.5. The molecule has 3 rings (SSSR count). The standard InChI is InChI=1S/C19H17ClN4O3/c1-26-16-8-7-14(9-17(16)27-2)23-18-11-21-15(10-22-18)19(25)24-13-5-3-12(20)4-6-13/h3-11H,1-2H3,(H,22,23)(H,24,25). The van der Waals surface area contributed by atoms with E-state index >= 15 is 0 Å². The lowest BCUT2D eigenvalue weighted by Crippen LogP contribution is -2.14. The number of carbonyl (C=O) groups excluding carboxylic acids is 1. The van der Waals surface area contributed by atoms with E-state index in [4.69, 9.17) is 21.1 Å². The molecule has 0 radical (unpaired) electrons. The number of methoxy groups -OCH3 is 2. The van der Waals surface area contributed by atoms with Crippen LogP contribution in [0, 0.1) is 0 Å². The van der Waals surface area contributed by atoms with Gasteiger partial charge in [-0.05, 0) is 36.4 Å². The monoisotopic (exact) mass is 384 g/mol. The van der Waals surface area contributed by atoms with Crippen LogP contribution in [0.3, 0.4) is 0 Å². The molecule has 7 nitrogen and oxygen atoms in total. The molecule has 2 N–H and O–H groups in total. The fourth-order valence-corrected chi connectivity index (χ4v) is 2.43. The second-order valence-electron chi connectivity index (χ2n) is 5.44. The van der Waals surface area contributed by atoms with E-state index in [1.54, 1.807) is 50.6 Å². The van der Waals surface area contributed by atoms with Crippen LogP contribution in [0.1, 0.15) is 10.5 Å². The van der Waals surface area contributed by atoms with Gasteiger partial charge in [-0.1, -0.05) is 11.6 Å². The number of ether oxygens (including phenoxy) is 2. The number of carbonyl (C=O) groups is 1. The molecule has 0 unspecified atom stereocenters. The summed E-state index contributed by atoms with van der Waals surface area (Å²) < 4.78 is 10.5. The van der Waals surface area contributed by atoms with Crippen LogP contribution in [0.25, 0.3) is 0 Å². The number of hydrogen-bond acceptors (Lipinski definition) is 6. The lowest BCUT2D eigenvalue weighted by atomic mass is 10.2. The van der Waals surface area contributed by atoms with Crippen LogP contribution in [0.4, 0.5) is 17.2 Å². The molecular weight excluding hydrogens is 368 g/mol. The highest BCUT2D eigenvalue weighted by atomic mass is 35.5. The Morgan fingerprint density at radius 1 is 0.926 bits per heavy atom. The highest BCUT2D eigenvalue weighted by Gasteiger charge is 2.10. The molecule has 27 heavy (non-hydrogen) atoms. The maximum atomic E-state index is 12.2. The predicted octanol–water partition coefficient (Wildman–Crippen LogP) is 4.14. The summed E-state index contributed by atoms with van der Waals surface area (Å²) >= 11 is 5.83. The van der Waals surface area contributed by atoms with Gasteiger partial charge < -0.3 is 20.1 Å². The van der Waals surface area contributed by atoms with E-state index in [2.05, 4.69) is 20.6 Å². The van der Waals surface area contributed by atoms with Crippen molar-refractivity contribution in [3.05, 3.63) is 65.6 Å². The molecule has 0 saturated heterocycles. The largest absolute Gasteiger partial charge is 0.493 e. The third kappa shape index (κ3) is 4.65. The topological polar surface area (TPSA) is 85.4 Å². The summed E-state index contributed by atoms with van der Waals surface area (Å²) in [6.45, 7) is 0. The average Bonchev–Trinajstić information content (AvgIpc) is 2.70. The molecule has 1 aromatic heterocycles. The van der Waals surface area contributed by atoms with Crippen molar-refractivity contribution >= 4 is 34.7 Å². The molecule has 0 aliphatic carbocycles. The number of rotatable bonds is 6. The van der Waals surface area contributed by atoms with Crippen molar-refractivity contribution in [1.82, 2.24) is 9.97 Å². The van der Waals surface area contributed by atoms with E-state index in [-0.39, 0.29) is 11.6 Å². The van der Waals surface area contributed by atoms with Gasteiger partial charge in [0.25, 0.3) is 5.91 Å². The van der Waals surface area contributed by atoms with E-state index in [9.17, 15) is 4.79 Å². The van der Waals surface area contributed by atoms with Gasteiger partial charge in [-0.25, -0.2) is 9.97 Å². The van der Waals surface area contributed by atoms with Crippen molar-refractivity contribution in [3.63, 3.8) is 0 Å². The summed E-state index contributed by atoms with van der Waals surface area (Å²) in [5, 5.41) is 6.42. The number of amides is 1. The second-order valence-corrected chi connectivity index (χ2v) is 5.88. The lowest BCUT2D eigenvalue weighted by molar-refractivity contribution is 0.102. The number of nitrogens with zero attached hydrogens (tertiary/aromatic N) is 2. The Morgan fingerprint density at radius 2 is 1.63 bits per heavy atom. The van der Waals surface area contributed by atoms with Gasteiger partial charge in [-0.3, -0.25) is 4.79 Å². The number of nitrogens with one attached hydrogen (secondary N) is 2. The Hall–Kier alpha value is -3.32. The van der Waals surface area contributed by atoms with Crippen molar-refractivity contribution in [2.24, 2.45) is 0 Å². The maximum absolute atomic E-state index is 12.2. The zero-order valence-corrected chi connectivity index (χ0v) is 15.4. The average molecular weight is 385 g/mol. The third-order valence-corrected chi connectivity index (χ3v) is 3.89. The molecule has 0 fully saturated rings. The van der Waals surface area contributed by atoms with E-state index in [1.165, 1.54) is 12.4 Å². The van der Waals surface area contributed by atoms with Crippen LogP contribution in [0.2, 0.25) is 5.02 Å². The van der Waals surface area contributed by atoms with E-state index in [0.717, 1.165) is 5.69 Å². The molecule has 2 aromatic carbocycles. The predicted molar refractivity (Wildman–Crippen MR) is 104 cm³/mol. The van der Waals surface area contributed by atoms with E-state index < -0.39 is 0 Å². The van der Waals surface area contributed by atoms with Crippen LogP contribution in [0.5, 0.6) is 11.5 Å². The molecule has 0 aliphatic rings. The molecule has 0 aliphatic heterocycles. The Balaban J connectivity index is 1.68. The molecule has 0 spiro atoms. The molecule has 0 bridgehead atoms. The minimum absolute atomic E-state index is 0.197. The van der Waals surface area contributed by atoms with Gasteiger partial charge in [0.2, 0.25) is 0 Å². The highest BCUT2D eigenvalue weighted by molar-refractivity contribution is 6.30. The van der Waals surface area contributed by atoms with Crippen molar-refractivity contribution in [2.75, 3.05) is 24.9 Å². The van der Waals surface area contributed by atoms with Crippen LogP contribution >= 0.6 is 11.6 Å². The van der Waals surface area contributed by atoms with Gasteiger partial charge in [0.15, 0.2) is 11.5 Å². The summed E-state index contributed by atoms with van der Waals surface area (Å²) in [5.74, 6) is 1.35. The molecule has 1 amide bonds. The van der Waals surface area contributed by atoms with E-state index in [0.29, 0.717) is 28.0 Å². The minimum Gasteiger partial charge on any atom is -0.493 e. The molecule has 8 heteroatoms. The summed E-state index contributed by atoms with van der Waals surface area (Å²) in [6, 6.07) is 12.2. The van der Waals surface area contributed by atoms with Gasteiger partial charge in [-0.2, -0.15) is 0 Å². The van der Waals surface area contributed by atoms with Crippen LogP contribution in [-0.4, -0.2) is 30.1 Å². The number of hydrogen-bond donors (Lipinski definition) is 2. The van der Waals surface area contributed by atoms with Crippen molar-refractivity contribution in [1.29, 1.82) is 0 Å². The Bertz CT molecular complexity index is 931. The van der Waals surface area contributed by atoms with Crippen molar-refractivity contribution in [3.8, 4) is 11.5 Å². The number of aromatic nitrogens is 2. The fourth-order valence-electron chi connectivity index (χ4n) is 2.30. The van der Waals surface area contributed by atoms with Gasteiger partial charge >= 0.3 is 0 Å². The van der Waals surface area contributed by atoms with Crippen LogP contribution in [-0.2, 0) is 0 Å². The third-order valence-electron chi connectivity index (χ3n) is 3.64. The van der Waals surface area contributed by atoms with Gasteiger partial charge in [0, 0.05) is 22.5 Å². The molecular formula is C19H17ClN4O3. The number of anilines is 3. The smallest absolute Gasteiger partial charge is 0.275 e. The SMILES string of the molecule is COc1ccc(Nc2cnc(C(=O)Nc3ccc(Cl)cc3)cn2)cc1OC. The Morgan fingerprint density at radius 3 is 2.26 bits per heavy atom. The first-order valence-electron chi connectivity index (χ1n) is 7.97. The summed E-state index contributed by atoms with van der Waals surface area (Å²) in [6.07, 6.45) is 2.88. The highest BCUT2D eigenvalue weighted by Crippen LogP contribution is 2.30. The van der Waals surface area contributed by atoms with Gasteiger partial charge in [-0.15, -0.1) is 0 Å². The van der Waals surface area contributed by atoms with Crippen LogP contribution in [0.15, 0.2) is 54.9 Å². The maximum Gasteiger partial charge on any atom is 0.275 e. The summed E-state index contributed by atoms with van der Waals surface area (Å²) in [7, 11) is 3.14. The van der Waals surface area contributed by atoms with Gasteiger partial charge in [0.05, 0.1) is 26.6 Å². The zero-order chi connectivity index (χ0) is 19.2. The van der Waals surface area contributed by atoms with Crippen molar-refractivity contribution < 1.29 is 14.3 Å². The minimum atomic E-state index is -0.359. The first-order chi connectivity index (χ1) is 13.1. The summed E-state index contributed by atoms with van der Waals surface area (Å²) in [5.41, 5.74) is 1.57. The Kier molecular flexibility index (Phi) is 5.73. The zero-order valence-electron chi connectivity index (χ0n) is 14.7.